The molecular weight excluding hydrogens is 322 g/mol. The minimum absolute atomic E-state index is 0.313. The minimum atomic E-state index is 0.313. The molecule has 0 saturated carbocycles. The van der Waals surface area contributed by atoms with Gasteiger partial charge in [0.2, 0.25) is 6.39 Å². The van der Waals surface area contributed by atoms with Crippen LogP contribution < -0.4 is 10.1 Å². The maximum Gasteiger partial charge on any atom is 0.213 e. The average Bonchev–Trinajstić information content (AvgIpc) is 2.87. The van der Waals surface area contributed by atoms with Gasteiger partial charge in [0.05, 0.1) is 6.61 Å². The fraction of sp³-hybridized carbons (Fsp3) is 0.429. The molecule has 1 aliphatic heterocycles. The van der Waals surface area contributed by atoms with Crippen molar-refractivity contribution in [2.24, 2.45) is 0 Å². The zero-order chi connectivity index (χ0) is 13.8. The number of aromatic nitrogens is 2. The van der Waals surface area contributed by atoms with Gasteiger partial charge in [0.1, 0.15) is 5.75 Å². The van der Waals surface area contributed by atoms with Crippen molar-refractivity contribution in [2.75, 3.05) is 13.2 Å². The van der Waals surface area contributed by atoms with Gasteiger partial charge in [0.15, 0.2) is 5.82 Å². The SMILES string of the molecule is Brc1ccc2c(c1)OCCCC2NCCc1ncon1. The van der Waals surface area contributed by atoms with Crippen LogP contribution in [-0.4, -0.2) is 23.3 Å². The molecule has 5 nitrogen and oxygen atoms in total. The van der Waals surface area contributed by atoms with Crippen molar-refractivity contribution in [1.82, 2.24) is 15.5 Å². The molecule has 2 aromatic rings. The van der Waals surface area contributed by atoms with Crippen molar-refractivity contribution in [3.05, 3.63) is 40.5 Å². The third-order valence-corrected chi connectivity index (χ3v) is 3.89. The molecular formula is C14H16BrN3O2. The molecule has 1 aromatic heterocycles. The highest BCUT2D eigenvalue weighted by molar-refractivity contribution is 9.10. The van der Waals surface area contributed by atoms with Crippen LogP contribution in [0.3, 0.4) is 0 Å². The van der Waals surface area contributed by atoms with E-state index < -0.39 is 0 Å². The lowest BCUT2D eigenvalue weighted by Gasteiger charge is -2.18. The Labute approximate surface area is 125 Å². The lowest BCUT2D eigenvalue weighted by Crippen LogP contribution is -2.23. The summed E-state index contributed by atoms with van der Waals surface area (Å²) in [6, 6.07) is 6.53. The van der Waals surface area contributed by atoms with Crippen molar-refractivity contribution in [3.8, 4) is 5.75 Å². The van der Waals surface area contributed by atoms with Crippen LogP contribution in [0.15, 0.2) is 33.6 Å². The van der Waals surface area contributed by atoms with Crippen LogP contribution in [0.4, 0.5) is 0 Å². The number of fused-ring (bicyclic) bond motifs is 1. The summed E-state index contributed by atoms with van der Waals surface area (Å²) in [5, 5.41) is 7.37. The van der Waals surface area contributed by atoms with Gasteiger partial charge in [0.25, 0.3) is 0 Å². The first-order valence-electron chi connectivity index (χ1n) is 6.74. The largest absolute Gasteiger partial charge is 0.493 e. The fourth-order valence-corrected chi connectivity index (χ4v) is 2.76. The van der Waals surface area contributed by atoms with Gasteiger partial charge in [-0.2, -0.15) is 4.98 Å². The molecule has 0 radical (unpaired) electrons. The average molecular weight is 338 g/mol. The molecule has 20 heavy (non-hydrogen) atoms. The second-order valence-corrected chi connectivity index (χ2v) is 5.69. The molecule has 0 saturated heterocycles. The Bertz CT molecular complexity index is 560. The maximum absolute atomic E-state index is 5.80. The molecule has 0 aliphatic carbocycles. The third-order valence-electron chi connectivity index (χ3n) is 3.39. The smallest absolute Gasteiger partial charge is 0.213 e. The van der Waals surface area contributed by atoms with Crippen molar-refractivity contribution in [3.63, 3.8) is 0 Å². The van der Waals surface area contributed by atoms with E-state index >= 15 is 0 Å². The van der Waals surface area contributed by atoms with Gasteiger partial charge in [-0.05, 0) is 25.0 Å². The van der Waals surface area contributed by atoms with Crippen LogP contribution in [0.2, 0.25) is 0 Å². The number of hydrogen-bond acceptors (Lipinski definition) is 5. The van der Waals surface area contributed by atoms with Gasteiger partial charge in [-0.1, -0.05) is 27.2 Å². The molecule has 1 N–H and O–H groups in total. The quantitative estimate of drug-likeness (QED) is 0.929. The van der Waals surface area contributed by atoms with E-state index in [4.69, 9.17) is 9.26 Å². The summed E-state index contributed by atoms with van der Waals surface area (Å²) in [6.45, 7) is 1.59. The van der Waals surface area contributed by atoms with E-state index in [1.807, 2.05) is 6.07 Å². The number of ether oxygens (including phenoxy) is 1. The first-order valence-corrected chi connectivity index (χ1v) is 7.53. The Kier molecular flexibility index (Phi) is 4.32. The second-order valence-electron chi connectivity index (χ2n) is 4.78. The van der Waals surface area contributed by atoms with Gasteiger partial charge in [0, 0.05) is 29.0 Å². The number of rotatable bonds is 4. The van der Waals surface area contributed by atoms with Crippen LogP contribution in [-0.2, 0) is 6.42 Å². The monoisotopic (exact) mass is 337 g/mol. The molecule has 0 spiro atoms. The molecule has 0 fully saturated rings. The number of benzene rings is 1. The molecule has 1 atom stereocenters. The standard InChI is InChI=1S/C14H16BrN3O2/c15-10-3-4-11-12(2-1-7-19-13(11)8-10)16-6-5-14-17-9-20-18-14/h3-4,8-9,12,16H,1-2,5-7H2. The summed E-state index contributed by atoms with van der Waals surface area (Å²) in [7, 11) is 0. The normalized spacial score (nSPS) is 18.1. The van der Waals surface area contributed by atoms with Crippen molar-refractivity contribution >= 4 is 15.9 Å². The van der Waals surface area contributed by atoms with E-state index in [0.29, 0.717) is 6.04 Å². The van der Waals surface area contributed by atoms with E-state index in [-0.39, 0.29) is 0 Å². The van der Waals surface area contributed by atoms with Crippen LogP contribution in [0.1, 0.15) is 30.3 Å². The number of nitrogens with zero attached hydrogens (tertiary/aromatic N) is 2. The van der Waals surface area contributed by atoms with Gasteiger partial charge in [-0.3, -0.25) is 0 Å². The van der Waals surface area contributed by atoms with Gasteiger partial charge in [-0.15, -0.1) is 0 Å². The van der Waals surface area contributed by atoms with E-state index in [0.717, 1.165) is 48.5 Å². The summed E-state index contributed by atoms with van der Waals surface area (Å²) >= 11 is 3.49. The van der Waals surface area contributed by atoms with Crippen LogP contribution in [0, 0.1) is 0 Å². The van der Waals surface area contributed by atoms with Crippen LogP contribution in [0.25, 0.3) is 0 Å². The highest BCUT2D eigenvalue weighted by Crippen LogP contribution is 2.33. The number of halogens is 1. The van der Waals surface area contributed by atoms with Crippen molar-refractivity contribution in [1.29, 1.82) is 0 Å². The van der Waals surface area contributed by atoms with Crippen LogP contribution >= 0.6 is 15.9 Å². The first kappa shape index (κ1) is 13.6. The highest BCUT2D eigenvalue weighted by Gasteiger charge is 2.19. The topological polar surface area (TPSA) is 60.2 Å². The Morgan fingerprint density at radius 1 is 1.40 bits per heavy atom. The lowest BCUT2D eigenvalue weighted by molar-refractivity contribution is 0.315. The number of hydrogen-bond donors (Lipinski definition) is 1. The molecule has 1 aliphatic rings. The lowest BCUT2D eigenvalue weighted by atomic mass is 10.0. The third kappa shape index (κ3) is 3.19. The zero-order valence-electron chi connectivity index (χ0n) is 11.0. The predicted molar refractivity (Wildman–Crippen MR) is 77.6 cm³/mol. The van der Waals surface area contributed by atoms with Gasteiger partial charge >= 0.3 is 0 Å². The first-order chi connectivity index (χ1) is 9.83. The summed E-state index contributed by atoms with van der Waals surface area (Å²) in [6.07, 6.45) is 4.24. The fourth-order valence-electron chi connectivity index (χ4n) is 2.42. The molecule has 6 heteroatoms. The molecule has 1 aromatic carbocycles. The van der Waals surface area contributed by atoms with Crippen LogP contribution in [0.5, 0.6) is 5.75 Å². The van der Waals surface area contributed by atoms with Crippen molar-refractivity contribution < 1.29 is 9.26 Å². The number of nitrogens with one attached hydrogen (secondary N) is 1. The van der Waals surface area contributed by atoms with Crippen molar-refractivity contribution in [2.45, 2.75) is 25.3 Å². The highest BCUT2D eigenvalue weighted by atomic mass is 79.9. The molecule has 0 amide bonds. The maximum atomic E-state index is 5.80. The van der Waals surface area contributed by atoms with Gasteiger partial charge in [-0.25, -0.2) is 0 Å². The Balaban J connectivity index is 1.67. The summed E-state index contributed by atoms with van der Waals surface area (Å²) in [5.41, 5.74) is 1.22. The van der Waals surface area contributed by atoms with E-state index in [9.17, 15) is 0 Å². The Hall–Kier alpha value is -1.40. The molecule has 0 bridgehead atoms. The zero-order valence-corrected chi connectivity index (χ0v) is 12.6. The molecule has 106 valence electrons. The van der Waals surface area contributed by atoms with Gasteiger partial charge < -0.3 is 14.6 Å². The Morgan fingerprint density at radius 3 is 3.20 bits per heavy atom. The summed E-state index contributed by atoms with van der Waals surface area (Å²) < 4.78 is 11.6. The summed E-state index contributed by atoms with van der Waals surface area (Å²) in [4.78, 5) is 4.02. The second kappa shape index (κ2) is 6.37. The molecule has 3 rings (SSSR count). The van der Waals surface area contributed by atoms with E-state index in [1.165, 1.54) is 12.0 Å². The molecule has 2 heterocycles. The summed E-state index contributed by atoms with van der Waals surface area (Å²) in [5.74, 6) is 1.70. The van der Waals surface area contributed by atoms with E-state index in [1.54, 1.807) is 0 Å². The Morgan fingerprint density at radius 2 is 2.35 bits per heavy atom. The minimum Gasteiger partial charge on any atom is -0.493 e. The predicted octanol–water partition coefficient (Wildman–Crippen LogP) is 2.88. The molecule has 1 unspecified atom stereocenters. The van der Waals surface area contributed by atoms with E-state index in [2.05, 4.69) is 43.5 Å².